The number of halogens is 1. The predicted molar refractivity (Wildman–Crippen MR) is 157 cm³/mol. The Labute approximate surface area is 224 Å². The maximum absolute atomic E-state index is 13.6. The number of rotatable bonds is 12. The van der Waals surface area contributed by atoms with E-state index in [1.807, 2.05) is 97.0 Å². The standard InChI is InChI=1S/C30H38ClNO2.C2H6/c1-8-12-15-24(11-4)16-14-19-32-30(34)28(22(6)10-3)29(25-17-13-18-26(31)20-25)27(23(7)33)21(5)9-2;1-2/h8,11-18,20,29H,1,9-10,19H2,2-7H3,(H,32,34);1-2H3/b15-12-,16-14+,24-11+,27-21+,28-22-;. The van der Waals surface area contributed by atoms with Crippen molar-refractivity contribution in [2.45, 2.75) is 74.1 Å². The molecule has 0 radical (unpaired) electrons. The first-order chi connectivity index (χ1) is 17.2. The van der Waals surface area contributed by atoms with Gasteiger partial charge in [-0.3, -0.25) is 9.59 Å². The molecule has 1 rings (SSSR count). The van der Waals surface area contributed by atoms with Crippen molar-refractivity contribution >= 4 is 23.3 Å². The number of Topliss-reactive ketones (excluding diaryl/α,β-unsaturated/α-hetero) is 1. The van der Waals surface area contributed by atoms with Crippen LogP contribution in [0.2, 0.25) is 5.02 Å². The summed E-state index contributed by atoms with van der Waals surface area (Å²) in [7, 11) is 0. The first-order valence-corrected chi connectivity index (χ1v) is 13.1. The molecule has 0 aliphatic carbocycles. The summed E-state index contributed by atoms with van der Waals surface area (Å²) in [5, 5.41) is 3.60. The Kier molecular flexibility index (Phi) is 16.9. The number of benzene rings is 1. The molecule has 0 bridgehead atoms. The van der Waals surface area contributed by atoms with Crippen LogP contribution in [-0.4, -0.2) is 18.2 Å². The van der Waals surface area contributed by atoms with Crippen molar-refractivity contribution in [1.82, 2.24) is 5.32 Å². The molecule has 1 aromatic carbocycles. The summed E-state index contributed by atoms with van der Waals surface area (Å²) in [4.78, 5) is 26.4. The Balaban J connectivity index is 0.00000596. The Bertz CT molecular complexity index is 1040. The third-order valence-corrected chi connectivity index (χ3v) is 6.05. The van der Waals surface area contributed by atoms with Gasteiger partial charge < -0.3 is 5.32 Å². The van der Waals surface area contributed by atoms with E-state index in [9.17, 15) is 9.59 Å². The van der Waals surface area contributed by atoms with E-state index < -0.39 is 5.92 Å². The number of carbonyl (C=O) groups is 2. The quantitative estimate of drug-likeness (QED) is 0.226. The van der Waals surface area contributed by atoms with Crippen molar-refractivity contribution in [3.63, 3.8) is 0 Å². The van der Waals surface area contributed by atoms with E-state index in [4.69, 9.17) is 11.6 Å². The Morgan fingerprint density at radius 3 is 2.14 bits per heavy atom. The lowest BCUT2D eigenvalue weighted by atomic mass is 9.78. The van der Waals surface area contributed by atoms with Crippen LogP contribution in [0, 0.1) is 0 Å². The van der Waals surface area contributed by atoms with Gasteiger partial charge in [0.2, 0.25) is 5.91 Å². The van der Waals surface area contributed by atoms with E-state index in [-0.39, 0.29) is 11.7 Å². The number of amides is 1. The fourth-order valence-corrected chi connectivity index (χ4v) is 3.93. The van der Waals surface area contributed by atoms with Gasteiger partial charge in [-0.05, 0) is 63.8 Å². The summed E-state index contributed by atoms with van der Waals surface area (Å²) >= 11 is 6.32. The minimum Gasteiger partial charge on any atom is -0.349 e. The summed E-state index contributed by atoms with van der Waals surface area (Å²) < 4.78 is 0. The second-order valence-corrected chi connectivity index (χ2v) is 8.57. The van der Waals surface area contributed by atoms with E-state index in [0.29, 0.717) is 29.1 Å². The van der Waals surface area contributed by atoms with Crippen LogP contribution in [0.4, 0.5) is 0 Å². The van der Waals surface area contributed by atoms with Gasteiger partial charge in [-0.2, -0.15) is 0 Å². The summed E-state index contributed by atoms with van der Waals surface area (Å²) in [6, 6.07) is 7.44. The zero-order valence-electron chi connectivity index (χ0n) is 23.4. The SMILES string of the molecule is C=C\C=C/C(/C=C/CNC(=O)/C(=C(/C)CC)C(/C(C(C)=O)=C(\C)CC)c1cccc(Cl)c1)=C\C.CC. The third kappa shape index (κ3) is 10.4. The van der Waals surface area contributed by atoms with Gasteiger partial charge in [0, 0.05) is 28.6 Å². The van der Waals surface area contributed by atoms with Crippen LogP contribution in [0.15, 0.2) is 95.2 Å². The highest BCUT2D eigenvalue weighted by molar-refractivity contribution is 6.30. The Hall–Kier alpha value is -2.91. The van der Waals surface area contributed by atoms with Crippen LogP contribution in [0.3, 0.4) is 0 Å². The van der Waals surface area contributed by atoms with Gasteiger partial charge in [-0.15, -0.1) is 0 Å². The van der Waals surface area contributed by atoms with Crippen LogP contribution in [0.25, 0.3) is 0 Å². The smallest absolute Gasteiger partial charge is 0.248 e. The molecule has 0 fully saturated rings. The lowest BCUT2D eigenvalue weighted by Crippen LogP contribution is -2.30. The molecule has 0 aromatic heterocycles. The molecular weight excluding hydrogens is 466 g/mol. The van der Waals surface area contributed by atoms with Crippen molar-refractivity contribution in [3.05, 3.63) is 106 Å². The lowest BCUT2D eigenvalue weighted by Gasteiger charge is -2.26. The molecule has 0 aliphatic rings. The lowest BCUT2D eigenvalue weighted by molar-refractivity contribution is -0.117. The van der Waals surface area contributed by atoms with Gasteiger partial charge in [0.15, 0.2) is 5.78 Å². The number of carbonyl (C=O) groups excluding carboxylic acids is 2. The first-order valence-electron chi connectivity index (χ1n) is 12.8. The maximum atomic E-state index is 13.6. The van der Waals surface area contributed by atoms with Crippen LogP contribution in [-0.2, 0) is 9.59 Å². The molecule has 3 nitrogen and oxygen atoms in total. The molecule has 0 saturated carbocycles. The largest absolute Gasteiger partial charge is 0.349 e. The van der Waals surface area contributed by atoms with E-state index in [1.54, 1.807) is 19.1 Å². The third-order valence-electron chi connectivity index (χ3n) is 5.81. The average molecular weight is 510 g/mol. The highest BCUT2D eigenvalue weighted by Gasteiger charge is 2.31. The number of nitrogens with one attached hydrogen (secondary N) is 1. The molecule has 1 unspecified atom stereocenters. The van der Waals surface area contributed by atoms with Crippen molar-refractivity contribution in [2.75, 3.05) is 6.54 Å². The fraction of sp³-hybridized carbons (Fsp3) is 0.375. The monoisotopic (exact) mass is 509 g/mol. The van der Waals surface area contributed by atoms with Crippen molar-refractivity contribution < 1.29 is 9.59 Å². The van der Waals surface area contributed by atoms with E-state index >= 15 is 0 Å². The normalized spacial score (nSPS) is 14.0. The van der Waals surface area contributed by atoms with Gasteiger partial charge in [0.05, 0.1) is 0 Å². The number of hydrogen-bond donors (Lipinski definition) is 1. The predicted octanol–water partition coefficient (Wildman–Crippen LogP) is 8.85. The molecule has 1 N–H and O–H groups in total. The molecular formula is C32H44ClNO2. The molecule has 0 aliphatic heterocycles. The average Bonchev–Trinajstić information content (AvgIpc) is 2.88. The molecule has 1 aromatic rings. The summed E-state index contributed by atoms with van der Waals surface area (Å²) in [6.45, 7) is 19.5. The fourth-order valence-electron chi connectivity index (χ4n) is 3.74. The zero-order chi connectivity index (χ0) is 27.7. The van der Waals surface area contributed by atoms with Crippen LogP contribution < -0.4 is 5.32 Å². The van der Waals surface area contributed by atoms with Gasteiger partial charge in [-0.1, -0.05) is 106 Å². The Morgan fingerprint density at radius 2 is 1.64 bits per heavy atom. The van der Waals surface area contributed by atoms with Crippen LogP contribution in [0.1, 0.15) is 79.7 Å². The number of ketones is 1. The van der Waals surface area contributed by atoms with Crippen molar-refractivity contribution in [2.24, 2.45) is 0 Å². The topological polar surface area (TPSA) is 46.2 Å². The number of hydrogen-bond acceptors (Lipinski definition) is 2. The molecule has 0 spiro atoms. The molecule has 36 heavy (non-hydrogen) atoms. The molecule has 4 heteroatoms. The maximum Gasteiger partial charge on any atom is 0.248 e. The summed E-state index contributed by atoms with van der Waals surface area (Å²) in [6.07, 6.45) is 12.8. The molecule has 196 valence electrons. The molecule has 1 atom stereocenters. The molecule has 0 heterocycles. The second kappa shape index (κ2) is 18.4. The van der Waals surface area contributed by atoms with Crippen molar-refractivity contribution in [1.29, 1.82) is 0 Å². The number of allylic oxidation sites excluding steroid dienone is 9. The van der Waals surface area contributed by atoms with E-state index in [1.165, 1.54) is 0 Å². The minimum atomic E-state index is -0.485. The summed E-state index contributed by atoms with van der Waals surface area (Å²) in [5.41, 5.74) is 5.03. The molecule has 0 saturated heterocycles. The van der Waals surface area contributed by atoms with Gasteiger partial charge in [0.1, 0.15) is 0 Å². The highest BCUT2D eigenvalue weighted by atomic mass is 35.5. The van der Waals surface area contributed by atoms with E-state index in [0.717, 1.165) is 28.7 Å². The summed E-state index contributed by atoms with van der Waals surface area (Å²) in [5.74, 6) is -0.702. The van der Waals surface area contributed by atoms with Gasteiger partial charge in [-0.25, -0.2) is 0 Å². The van der Waals surface area contributed by atoms with Crippen LogP contribution in [0.5, 0.6) is 0 Å². The van der Waals surface area contributed by atoms with Gasteiger partial charge >= 0.3 is 0 Å². The van der Waals surface area contributed by atoms with Crippen LogP contribution >= 0.6 is 11.6 Å². The zero-order valence-corrected chi connectivity index (χ0v) is 24.1. The van der Waals surface area contributed by atoms with Gasteiger partial charge in [0.25, 0.3) is 0 Å². The highest BCUT2D eigenvalue weighted by Crippen LogP contribution is 2.38. The Morgan fingerprint density at radius 1 is 1.03 bits per heavy atom. The molecule has 1 amide bonds. The van der Waals surface area contributed by atoms with E-state index in [2.05, 4.69) is 11.9 Å². The first kappa shape index (κ1) is 33.1. The second-order valence-electron chi connectivity index (χ2n) is 8.14. The van der Waals surface area contributed by atoms with Crippen molar-refractivity contribution in [3.8, 4) is 0 Å². The minimum absolute atomic E-state index is 0.0369.